The number of nitrogens with zero attached hydrogens (tertiary/aromatic N) is 3. The number of hydrogen-bond acceptors (Lipinski definition) is 6. The van der Waals surface area contributed by atoms with Crippen LogP contribution < -0.4 is 10.6 Å². The molecule has 0 atom stereocenters. The molecule has 0 fully saturated rings. The molecular weight excluding hydrogens is 342 g/mol. The minimum atomic E-state index is -0.440. The van der Waals surface area contributed by atoms with E-state index in [1.807, 2.05) is 24.3 Å². The summed E-state index contributed by atoms with van der Waals surface area (Å²) in [5, 5.41) is 17.8. The molecule has 142 valence electrons. The summed E-state index contributed by atoms with van der Waals surface area (Å²) in [4.78, 5) is 19.4. The van der Waals surface area contributed by atoms with Crippen LogP contribution in [0.4, 0.5) is 23.0 Å². The number of nitrogens with one attached hydrogen (secondary N) is 2. The smallest absolute Gasteiger partial charge is 0.353 e. The number of aromatic nitrogens is 2. The predicted molar refractivity (Wildman–Crippen MR) is 107 cm³/mol. The third kappa shape index (κ3) is 5.03. The highest BCUT2D eigenvalue weighted by atomic mass is 16.6. The summed E-state index contributed by atoms with van der Waals surface area (Å²) in [5.74, 6) is 0.442. The topological polar surface area (TPSA) is 93.0 Å². The first-order valence-electron chi connectivity index (χ1n) is 9.44. The summed E-state index contributed by atoms with van der Waals surface area (Å²) >= 11 is 0. The van der Waals surface area contributed by atoms with Crippen molar-refractivity contribution < 1.29 is 4.92 Å². The van der Waals surface area contributed by atoms with E-state index in [4.69, 9.17) is 0 Å². The Labute approximate surface area is 159 Å². The van der Waals surface area contributed by atoms with E-state index >= 15 is 0 Å². The number of aryl methyl sites for hydroxylation is 1. The molecule has 0 amide bonds. The zero-order valence-corrected chi connectivity index (χ0v) is 15.6. The summed E-state index contributed by atoms with van der Waals surface area (Å²) in [6, 6.07) is 7.78. The van der Waals surface area contributed by atoms with Crippen LogP contribution in [0.3, 0.4) is 0 Å². The minimum Gasteiger partial charge on any atom is -0.364 e. The van der Waals surface area contributed by atoms with Crippen LogP contribution in [0.2, 0.25) is 0 Å². The van der Waals surface area contributed by atoms with E-state index in [0.717, 1.165) is 31.4 Å². The zero-order chi connectivity index (χ0) is 19.1. The second-order valence-corrected chi connectivity index (χ2v) is 6.64. The van der Waals surface area contributed by atoms with E-state index in [1.54, 1.807) is 0 Å². The lowest BCUT2D eigenvalue weighted by molar-refractivity contribution is -0.383. The van der Waals surface area contributed by atoms with Gasteiger partial charge in [0.25, 0.3) is 0 Å². The van der Waals surface area contributed by atoms with Gasteiger partial charge in [0.1, 0.15) is 6.33 Å². The number of nitro groups is 1. The van der Waals surface area contributed by atoms with Crippen molar-refractivity contribution in [1.29, 1.82) is 0 Å². The Bertz CT molecular complexity index is 818. The highest BCUT2D eigenvalue weighted by Gasteiger charge is 2.23. The van der Waals surface area contributed by atoms with Crippen LogP contribution in [0.15, 0.2) is 42.2 Å². The molecule has 0 bridgehead atoms. The molecule has 1 aliphatic carbocycles. The molecule has 0 aliphatic heterocycles. The fourth-order valence-electron chi connectivity index (χ4n) is 3.21. The molecule has 0 radical (unpaired) electrons. The fourth-order valence-corrected chi connectivity index (χ4v) is 3.21. The molecule has 1 aromatic heterocycles. The van der Waals surface area contributed by atoms with E-state index in [9.17, 15) is 10.1 Å². The molecule has 27 heavy (non-hydrogen) atoms. The highest BCUT2D eigenvalue weighted by molar-refractivity contribution is 5.73. The Morgan fingerprint density at radius 3 is 2.59 bits per heavy atom. The van der Waals surface area contributed by atoms with Gasteiger partial charge in [0.05, 0.1) is 4.92 Å². The van der Waals surface area contributed by atoms with Gasteiger partial charge in [-0.3, -0.25) is 10.1 Å². The number of rotatable bonds is 8. The first-order chi connectivity index (χ1) is 13.2. The Morgan fingerprint density at radius 2 is 1.93 bits per heavy atom. The summed E-state index contributed by atoms with van der Waals surface area (Å²) in [6.45, 7) is 2.70. The molecule has 1 aliphatic rings. The summed E-state index contributed by atoms with van der Waals surface area (Å²) in [6.07, 6.45) is 10.2. The van der Waals surface area contributed by atoms with Gasteiger partial charge in [-0.2, -0.15) is 0 Å². The van der Waals surface area contributed by atoms with E-state index in [1.165, 1.54) is 30.3 Å². The quantitative estimate of drug-likeness (QED) is 0.388. The van der Waals surface area contributed by atoms with Crippen molar-refractivity contribution in [2.24, 2.45) is 0 Å². The lowest BCUT2D eigenvalue weighted by atomic mass is 9.97. The number of anilines is 3. The van der Waals surface area contributed by atoms with E-state index in [2.05, 4.69) is 33.6 Å². The van der Waals surface area contributed by atoms with E-state index in [-0.39, 0.29) is 17.3 Å². The molecule has 7 heteroatoms. The summed E-state index contributed by atoms with van der Waals surface area (Å²) in [7, 11) is 0. The van der Waals surface area contributed by atoms with Gasteiger partial charge in [0.2, 0.25) is 11.6 Å². The molecule has 2 aromatic rings. The maximum Gasteiger partial charge on any atom is 0.353 e. The van der Waals surface area contributed by atoms with Crippen LogP contribution >= 0.6 is 0 Å². The van der Waals surface area contributed by atoms with Crippen molar-refractivity contribution in [3.63, 3.8) is 0 Å². The van der Waals surface area contributed by atoms with Crippen LogP contribution in [0.1, 0.15) is 44.6 Å². The Hall–Kier alpha value is -2.96. The van der Waals surface area contributed by atoms with Crippen molar-refractivity contribution in [2.75, 3.05) is 17.2 Å². The van der Waals surface area contributed by atoms with Crippen molar-refractivity contribution in [3.05, 3.63) is 57.9 Å². The highest BCUT2D eigenvalue weighted by Crippen LogP contribution is 2.31. The van der Waals surface area contributed by atoms with Gasteiger partial charge in [-0.1, -0.05) is 30.7 Å². The number of hydrogen-bond donors (Lipinski definition) is 2. The van der Waals surface area contributed by atoms with E-state index < -0.39 is 4.92 Å². The largest absolute Gasteiger partial charge is 0.364 e. The number of allylic oxidation sites excluding steroid dienone is 1. The lowest BCUT2D eigenvalue weighted by Gasteiger charge is -2.14. The normalized spacial score (nSPS) is 13.7. The third-order valence-corrected chi connectivity index (χ3v) is 4.75. The van der Waals surface area contributed by atoms with Gasteiger partial charge >= 0.3 is 5.69 Å². The van der Waals surface area contributed by atoms with Gasteiger partial charge < -0.3 is 10.6 Å². The first kappa shape index (κ1) is 18.8. The van der Waals surface area contributed by atoms with Crippen LogP contribution in [0.5, 0.6) is 0 Å². The average Bonchev–Trinajstić information content (AvgIpc) is 2.69. The Balaban J connectivity index is 1.73. The molecule has 1 heterocycles. The Morgan fingerprint density at radius 1 is 1.15 bits per heavy atom. The minimum absolute atomic E-state index is 0.130. The third-order valence-electron chi connectivity index (χ3n) is 4.75. The standard InChI is InChI=1S/C20H25N5O2/c1-2-15-8-10-17(11-9-15)24-20-18(25(26)27)19(22-14-23-20)21-13-12-16-6-4-3-5-7-16/h6,8-11,14H,2-5,7,12-13H2,1H3,(H2,21,22,23,24). The van der Waals surface area contributed by atoms with Gasteiger partial charge in [-0.25, -0.2) is 9.97 Å². The molecule has 7 nitrogen and oxygen atoms in total. The second kappa shape index (κ2) is 9.12. The molecule has 2 N–H and O–H groups in total. The summed E-state index contributed by atoms with van der Waals surface area (Å²) in [5.41, 5.74) is 3.25. The monoisotopic (exact) mass is 367 g/mol. The van der Waals surface area contributed by atoms with Crippen molar-refractivity contribution in [1.82, 2.24) is 9.97 Å². The molecule has 0 saturated carbocycles. The molecule has 0 spiro atoms. The second-order valence-electron chi connectivity index (χ2n) is 6.64. The van der Waals surface area contributed by atoms with Gasteiger partial charge in [-0.15, -0.1) is 0 Å². The van der Waals surface area contributed by atoms with Gasteiger partial charge in [0.15, 0.2) is 0 Å². The van der Waals surface area contributed by atoms with Crippen LogP contribution in [-0.4, -0.2) is 21.4 Å². The van der Waals surface area contributed by atoms with Crippen molar-refractivity contribution >= 4 is 23.0 Å². The Kier molecular flexibility index (Phi) is 6.35. The average molecular weight is 367 g/mol. The van der Waals surface area contributed by atoms with Crippen LogP contribution in [0, 0.1) is 10.1 Å². The maximum absolute atomic E-state index is 11.6. The zero-order valence-electron chi connectivity index (χ0n) is 15.6. The molecule has 3 rings (SSSR count). The van der Waals surface area contributed by atoms with Gasteiger partial charge in [0, 0.05) is 12.2 Å². The fraction of sp³-hybridized carbons (Fsp3) is 0.400. The summed E-state index contributed by atoms with van der Waals surface area (Å²) < 4.78 is 0. The first-order valence-corrected chi connectivity index (χ1v) is 9.44. The van der Waals surface area contributed by atoms with Crippen LogP contribution in [0.25, 0.3) is 0 Å². The predicted octanol–water partition coefficient (Wildman–Crippen LogP) is 4.99. The van der Waals surface area contributed by atoms with Crippen molar-refractivity contribution in [3.8, 4) is 0 Å². The van der Waals surface area contributed by atoms with Gasteiger partial charge in [-0.05, 0) is 56.2 Å². The molecule has 0 saturated heterocycles. The van der Waals surface area contributed by atoms with E-state index in [0.29, 0.717) is 6.54 Å². The molecule has 1 aromatic carbocycles. The maximum atomic E-state index is 11.6. The van der Waals surface area contributed by atoms with Crippen LogP contribution in [-0.2, 0) is 6.42 Å². The molecule has 0 unspecified atom stereocenters. The van der Waals surface area contributed by atoms with Crippen molar-refractivity contribution in [2.45, 2.75) is 45.4 Å². The SMILES string of the molecule is CCc1ccc(Nc2ncnc(NCCC3=CCCCC3)c2[N+](=O)[O-])cc1. The number of benzene rings is 1. The molecular formula is C20H25N5O2. The lowest BCUT2D eigenvalue weighted by Crippen LogP contribution is -2.10.